The van der Waals surface area contributed by atoms with Crippen molar-refractivity contribution in [3.05, 3.63) is 29.8 Å². The van der Waals surface area contributed by atoms with Gasteiger partial charge in [0.2, 0.25) is 5.95 Å². The zero-order valence-electron chi connectivity index (χ0n) is 11.0. The quantitative estimate of drug-likeness (QED) is 0.814. The first kappa shape index (κ1) is 13.4. The molecule has 0 radical (unpaired) electrons. The Morgan fingerprint density at radius 2 is 2.22 bits per heavy atom. The molecule has 1 aliphatic rings. The van der Waals surface area contributed by atoms with Gasteiger partial charge in [-0.1, -0.05) is 25.8 Å². The first-order valence-electron chi connectivity index (χ1n) is 6.88. The number of nitrogens with one attached hydrogen (secondary N) is 1. The molecule has 0 bridgehead atoms. The summed E-state index contributed by atoms with van der Waals surface area (Å²) in [4.78, 5) is 6.18. The lowest BCUT2D eigenvalue weighted by Gasteiger charge is -2.35. The summed E-state index contributed by atoms with van der Waals surface area (Å²) in [6.07, 6.45) is 4.81. The van der Waals surface area contributed by atoms with Crippen molar-refractivity contribution in [1.29, 1.82) is 0 Å². The van der Waals surface area contributed by atoms with E-state index < -0.39 is 0 Å². The molecule has 1 aliphatic heterocycles. The third-order valence-corrected chi connectivity index (χ3v) is 3.57. The van der Waals surface area contributed by atoms with Crippen molar-refractivity contribution in [2.45, 2.75) is 32.2 Å². The van der Waals surface area contributed by atoms with E-state index >= 15 is 0 Å². The molecule has 100 valence electrons. The zero-order valence-corrected chi connectivity index (χ0v) is 11.0. The van der Waals surface area contributed by atoms with Crippen LogP contribution in [0.25, 0.3) is 0 Å². The predicted molar refractivity (Wildman–Crippen MR) is 70.9 cm³/mol. The van der Waals surface area contributed by atoms with Gasteiger partial charge in [0, 0.05) is 44.0 Å². The van der Waals surface area contributed by atoms with E-state index in [4.69, 9.17) is 0 Å². The van der Waals surface area contributed by atoms with Crippen molar-refractivity contribution in [3.8, 4) is 0 Å². The van der Waals surface area contributed by atoms with Gasteiger partial charge >= 0.3 is 0 Å². The van der Waals surface area contributed by atoms with Crippen LogP contribution in [0.2, 0.25) is 0 Å². The molecule has 4 heteroatoms. The van der Waals surface area contributed by atoms with Gasteiger partial charge in [-0.2, -0.15) is 4.39 Å². The van der Waals surface area contributed by atoms with Crippen LogP contribution in [0.5, 0.6) is 0 Å². The highest BCUT2D eigenvalue weighted by atomic mass is 19.1. The number of hydrogen-bond donors (Lipinski definition) is 1. The van der Waals surface area contributed by atoms with E-state index in [1.165, 1.54) is 6.20 Å². The maximum Gasteiger partial charge on any atom is 0.217 e. The number of rotatable bonds is 5. The van der Waals surface area contributed by atoms with Gasteiger partial charge in [0.25, 0.3) is 0 Å². The Kier molecular flexibility index (Phi) is 5.08. The van der Waals surface area contributed by atoms with Crippen molar-refractivity contribution in [3.63, 3.8) is 0 Å². The summed E-state index contributed by atoms with van der Waals surface area (Å²) in [5.41, 5.74) is 0.757. The van der Waals surface area contributed by atoms with Gasteiger partial charge in [0.05, 0.1) is 0 Å². The fourth-order valence-electron chi connectivity index (χ4n) is 2.57. The highest BCUT2D eigenvalue weighted by Crippen LogP contribution is 2.27. The lowest BCUT2D eigenvalue weighted by atomic mass is 10.00. The zero-order chi connectivity index (χ0) is 12.8. The minimum absolute atomic E-state index is 0.181. The van der Waals surface area contributed by atoms with Gasteiger partial charge in [0.1, 0.15) is 0 Å². The summed E-state index contributed by atoms with van der Waals surface area (Å²) in [5.74, 6) is -0.308. The molecule has 1 atom stereocenters. The largest absolute Gasteiger partial charge is 0.314 e. The standard InChI is InChI=1S/C14H22FN3/c1-2-3-6-13(18-10-8-16-9-11-18)12-5-4-7-17-14(12)15/h4-5,7,13,16H,2-3,6,8-11H2,1H3/t13-/m0/s1. The van der Waals surface area contributed by atoms with Crippen LogP contribution in [0.4, 0.5) is 4.39 Å². The van der Waals surface area contributed by atoms with Crippen LogP contribution in [0.1, 0.15) is 37.8 Å². The highest BCUT2D eigenvalue weighted by Gasteiger charge is 2.24. The summed E-state index contributed by atoms with van der Waals surface area (Å²) in [6, 6.07) is 3.89. The maximum atomic E-state index is 13.9. The normalized spacial score (nSPS) is 18.8. The molecule has 0 aliphatic carbocycles. The average molecular weight is 251 g/mol. The van der Waals surface area contributed by atoms with Crippen LogP contribution >= 0.6 is 0 Å². The Labute approximate surface area is 108 Å². The number of unbranched alkanes of at least 4 members (excludes halogenated alkanes) is 1. The van der Waals surface area contributed by atoms with E-state index in [0.29, 0.717) is 0 Å². The molecule has 1 aromatic rings. The molecule has 3 nitrogen and oxygen atoms in total. The minimum Gasteiger partial charge on any atom is -0.314 e. The first-order valence-corrected chi connectivity index (χ1v) is 6.88. The number of pyridine rings is 1. The first-order chi connectivity index (χ1) is 8.83. The van der Waals surface area contributed by atoms with Gasteiger partial charge in [-0.3, -0.25) is 4.90 Å². The predicted octanol–water partition coefficient (Wildman–Crippen LogP) is 2.36. The Hall–Kier alpha value is -1.00. The summed E-state index contributed by atoms with van der Waals surface area (Å²) in [6.45, 7) is 6.13. The second kappa shape index (κ2) is 6.81. The molecular formula is C14H22FN3. The van der Waals surface area contributed by atoms with Gasteiger partial charge in [-0.05, 0) is 12.5 Å². The van der Waals surface area contributed by atoms with E-state index in [1.807, 2.05) is 12.1 Å². The summed E-state index contributed by atoms with van der Waals surface area (Å²) in [5, 5.41) is 3.34. The highest BCUT2D eigenvalue weighted by molar-refractivity contribution is 5.16. The van der Waals surface area contributed by atoms with Crippen molar-refractivity contribution in [2.24, 2.45) is 0 Å². The lowest BCUT2D eigenvalue weighted by molar-refractivity contribution is 0.159. The Morgan fingerprint density at radius 1 is 1.44 bits per heavy atom. The van der Waals surface area contributed by atoms with Gasteiger partial charge < -0.3 is 5.32 Å². The van der Waals surface area contributed by atoms with E-state index in [-0.39, 0.29) is 12.0 Å². The third kappa shape index (κ3) is 3.27. The van der Waals surface area contributed by atoms with Crippen LogP contribution in [0.3, 0.4) is 0 Å². The van der Waals surface area contributed by atoms with E-state index in [2.05, 4.69) is 22.1 Å². The third-order valence-electron chi connectivity index (χ3n) is 3.57. The molecule has 1 fully saturated rings. The molecule has 0 spiro atoms. The van der Waals surface area contributed by atoms with Gasteiger partial charge in [-0.25, -0.2) is 4.98 Å². The molecule has 0 aromatic carbocycles. The fraction of sp³-hybridized carbons (Fsp3) is 0.643. The monoisotopic (exact) mass is 251 g/mol. The van der Waals surface area contributed by atoms with Crippen LogP contribution in [-0.4, -0.2) is 36.1 Å². The summed E-state index contributed by atoms with van der Waals surface area (Å²) >= 11 is 0. The molecule has 2 heterocycles. The fourth-order valence-corrected chi connectivity index (χ4v) is 2.57. The molecule has 0 amide bonds. The maximum absolute atomic E-state index is 13.9. The van der Waals surface area contributed by atoms with E-state index in [0.717, 1.165) is 51.0 Å². The molecule has 0 unspecified atom stereocenters. The molecule has 1 aromatic heterocycles. The molecule has 2 rings (SSSR count). The topological polar surface area (TPSA) is 28.2 Å². The van der Waals surface area contributed by atoms with Gasteiger partial charge in [0.15, 0.2) is 0 Å². The smallest absolute Gasteiger partial charge is 0.217 e. The Balaban J connectivity index is 2.15. The summed E-state index contributed by atoms with van der Waals surface area (Å²) in [7, 11) is 0. The second-order valence-electron chi connectivity index (χ2n) is 4.83. The average Bonchev–Trinajstić information content (AvgIpc) is 2.42. The number of nitrogens with zero attached hydrogens (tertiary/aromatic N) is 2. The van der Waals surface area contributed by atoms with E-state index in [1.54, 1.807) is 0 Å². The number of piperazine rings is 1. The van der Waals surface area contributed by atoms with Crippen molar-refractivity contribution in [2.75, 3.05) is 26.2 Å². The van der Waals surface area contributed by atoms with Crippen LogP contribution < -0.4 is 5.32 Å². The molecule has 1 saturated heterocycles. The minimum atomic E-state index is -0.308. The van der Waals surface area contributed by atoms with Crippen LogP contribution in [0.15, 0.2) is 18.3 Å². The molecule has 0 saturated carbocycles. The van der Waals surface area contributed by atoms with Crippen molar-refractivity contribution >= 4 is 0 Å². The molecular weight excluding hydrogens is 229 g/mol. The van der Waals surface area contributed by atoms with Crippen molar-refractivity contribution in [1.82, 2.24) is 15.2 Å². The molecule has 1 N–H and O–H groups in total. The van der Waals surface area contributed by atoms with E-state index in [9.17, 15) is 4.39 Å². The number of hydrogen-bond acceptors (Lipinski definition) is 3. The van der Waals surface area contributed by atoms with Crippen molar-refractivity contribution < 1.29 is 4.39 Å². The Bertz CT molecular complexity index is 364. The SMILES string of the molecule is CCCC[C@@H](c1cccnc1F)N1CCNCC1. The second-order valence-corrected chi connectivity index (χ2v) is 4.83. The summed E-state index contributed by atoms with van der Waals surface area (Å²) < 4.78 is 13.9. The number of halogens is 1. The lowest BCUT2D eigenvalue weighted by Crippen LogP contribution is -2.45. The van der Waals surface area contributed by atoms with Crippen LogP contribution in [0, 0.1) is 5.95 Å². The Morgan fingerprint density at radius 3 is 2.89 bits per heavy atom. The number of aromatic nitrogens is 1. The van der Waals surface area contributed by atoms with Gasteiger partial charge in [-0.15, -0.1) is 0 Å². The molecule has 18 heavy (non-hydrogen) atoms. The van der Waals surface area contributed by atoms with Crippen LogP contribution in [-0.2, 0) is 0 Å².